The molecule has 0 bridgehead atoms. The molecule has 0 saturated carbocycles. The average Bonchev–Trinajstić information content (AvgIpc) is 2.17. The second-order valence-electron chi connectivity index (χ2n) is 4.16. The summed E-state index contributed by atoms with van der Waals surface area (Å²) in [4.78, 5) is 0. The van der Waals surface area contributed by atoms with E-state index in [1.807, 2.05) is 12.1 Å². The lowest BCUT2D eigenvalue weighted by atomic mass is 9.90. The number of rotatable bonds is 5. The Balaban J connectivity index is 2.74. The molecule has 0 fully saturated rings. The van der Waals surface area contributed by atoms with E-state index >= 15 is 0 Å². The van der Waals surface area contributed by atoms with Gasteiger partial charge in [0.15, 0.2) is 0 Å². The van der Waals surface area contributed by atoms with Crippen molar-refractivity contribution in [3.63, 3.8) is 0 Å². The van der Waals surface area contributed by atoms with Crippen molar-refractivity contribution in [2.75, 3.05) is 0 Å². The van der Waals surface area contributed by atoms with E-state index in [0.29, 0.717) is 16.9 Å². The van der Waals surface area contributed by atoms with Crippen molar-refractivity contribution in [3.8, 4) is 5.75 Å². The van der Waals surface area contributed by atoms with E-state index in [2.05, 4.69) is 26.5 Å². The molecule has 0 radical (unpaired) electrons. The molecule has 1 aromatic carbocycles. The summed E-state index contributed by atoms with van der Waals surface area (Å²) in [5.41, 5.74) is 1.32. The van der Waals surface area contributed by atoms with Crippen molar-refractivity contribution in [1.82, 2.24) is 0 Å². The van der Waals surface area contributed by atoms with Crippen molar-refractivity contribution in [2.24, 2.45) is 0 Å². The fourth-order valence-corrected chi connectivity index (χ4v) is 2.18. The predicted octanol–water partition coefficient (Wildman–Crippen LogP) is 3.98. The number of thiol groups is 1. The zero-order valence-corrected chi connectivity index (χ0v) is 10.4. The third kappa shape index (κ3) is 4.17. The first-order valence-electron chi connectivity index (χ1n) is 5.60. The van der Waals surface area contributed by atoms with Gasteiger partial charge in [-0.25, -0.2) is 0 Å². The Bertz CT molecular complexity index is 279. The minimum Gasteiger partial charge on any atom is -0.508 e. The van der Waals surface area contributed by atoms with Gasteiger partial charge in [0.25, 0.3) is 0 Å². The highest BCUT2D eigenvalue weighted by atomic mass is 32.1. The molecule has 1 aromatic rings. The monoisotopic (exact) mass is 224 g/mol. The number of phenolic OH excluding ortho intramolecular Hbond substituents is 1. The van der Waals surface area contributed by atoms with E-state index in [9.17, 15) is 5.11 Å². The van der Waals surface area contributed by atoms with E-state index in [1.165, 1.54) is 18.4 Å². The van der Waals surface area contributed by atoms with Gasteiger partial charge in [-0.1, -0.05) is 32.4 Å². The first-order valence-corrected chi connectivity index (χ1v) is 6.12. The molecule has 2 heteroatoms. The number of benzene rings is 1. The van der Waals surface area contributed by atoms with Crippen LogP contribution in [0.15, 0.2) is 24.3 Å². The van der Waals surface area contributed by atoms with Gasteiger partial charge in [-0.05, 0) is 41.7 Å². The van der Waals surface area contributed by atoms with Gasteiger partial charge in [0, 0.05) is 0 Å². The van der Waals surface area contributed by atoms with Crippen LogP contribution >= 0.6 is 12.6 Å². The first kappa shape index (κ1) is 12.4. The first-order chi connectivity index (χ1) is 7.13. The standard InChI is InChI=1S/C13H20OS/c1-3-4-12(9-10(2)15)11-5-7-13(14)8-6-11/h5-8,10,12,14-15H,3-4,9H2,1-2H3. The van der Waals surface area contributed by atoms with Crippen LogP contribution in [0.1, 0.15) is 44.6 Å². The zero-order valence-electron chi connectivity index (χ0n) is 9.48. The molecule has 2 atom stereocenters. The molecule has 0 aliphatic rings. The maximum Gasteiger partial charge on any atom is 0.115 e. The molecule has 0 heterocycles. The van der Waals surface area contributed by atoms with Crippen LogP contribution in [0.5, 0.6) is 5.75 Å². The fraction of sp³-hybridized carbons (Fsp3) is 0.538. The van der Waals surface area contributed by atoms with Crippen LogP contribution < -0.4 is 0 Å². The maximum atomic E-state index is 9.24. The third-order valence-corrected chi connectivity index (χ3v) is 2.84. The Hall–Kier alpha value is -0.630. The summed E-state index contributed by atoms with van der Waals surface area (Å²) in [6, 6.07) is 7.57. The second kappa shape index (κ2) is 6.06. The SMILES string of the molecule is CCCC(CC(C)S)c1ccc(O)cc1. The van der Waals surface area contributed by atoms with Crippen molar-refractivity contribution in [3.05, 3.63) is 29.8 Å². The lowest BCUT2D eigenvalue weighted by Gasteiger charge is -2.18. The largest absolute Gasteiger partial charge is 0.508 e. The number of aromatic hydroxyl groups is 1. The summed E-state index contributed by atoms with van der Waals surface area (Å²) in [7, 11) is 0. The van der Waals surface area contributed by atoms with Crippen LogP contribution in [0.2, 0.25) is 0 Å². The molecule has 15 heavy (non-hydrogen) atoms. The minimum atomic E-state index is 0.341. The molecule has 84 valence electrons. The van der Waals surface area contributed by atoms with Gasteiger partial charge < -0.3 is 5.11 Å². The average molecular weight is 224 g/mol. The topological polar surface area (TPSA) is 20.2 Å². The molecule has 0 amide bonds. The number of hydrogen-bond acceptors (Lipinski definition) is 2. The Morgan fingerprint density at radius 1 is 1.27 bits per heavy atom. The van der Waals surface area contributed by atoms with Crippen LogP contribution in [0, 0.1) is 0 Å². The molecule has 0 saturated heterocycles. The van der Waals surface area contributed by atoms with Gasteiger partial charge >= 0.3 is 0 Å². The van der Waals surface area contributed by atoms with Gasteiger partial charge in [-0.15, -0.1) is 0 Å². The van der Waals surface area contributed by atoms with Crippen molar-refractivity contribution < 1.29 is 5.11 Å². The Morgan fingerprint density at radius 3 is 2.33 bits per heavy atom. The van der Waals surface area contributed by atoms with E-state index in [0.717, 1.165) is 6.42 Å². The highest BCUT2D eigenvalue weighted by Crippen LogP contribution is 2.28. The summed E-state index contributed by atoms with van der Waals surface area (Å²) in [5, 5.41) is 9.66. The lowest BCUT2D eigenvalue weighted by Crippen LogP contribution is -2.04. The zero-order chi connectivity index (χ0) is 11.3. The Labute approximate surface area is 97.9 Å². The number of hydrogen-bond donors (Lipinski definition) is 2. The van der Waals surface area contributed by atoms with E-state index in [4.69, 9.17) is 0 Å². The second-order valence-corrected chi connectivity index (χ2v) is 5.04. The van der Waals surface area contributed by atoms with Crippen molar-refractivity contribution in [1.29, 1.82) is 0 Å². The van der Waals surface area contributed by atoms with E-state index < -0.39 is 0 Å². The van der Waals surface area contributed by atoms with Crippen LogP contribution in [-0.4, -0.2) is 10.4 Å². The highest BCUT2D eigenvalue weighted by Gasteiger charge is 2.12. The maximum absolute atomic E-state index is 9.24. The lowest BCUT2D eigenvalue weighted by molar-refractivity contribution is 0.474. The molecular weight excluding hydrogens is 204 g/mol. The molecule has 2 unspecified atom stereocenters. The van der Waals surface area contributed by atoms with Gasteiger partial charge in [0.05, 0.1) is 0 Å². The van der Waals surface area contributed by atoms with Crippen LogP contribution in [0.4, 0.5) is 0 Å². The summed E-state index contributed by atoms with van der Waals surface area (Å²) in [6.07, 6.45) is 3.48. The third-order valence-electron chi connectivity index (χ3n) is 2.63. The predicted molar refractivity (Wildman–Crippen MR) is 68.8 cm³/mol. The van der Waals surface area contributed by atoms with Gasteiger partial charge in [0.2, 0.25) is 0 Å². The Kier molecular flexibility index (Phi) is 5.03. The van der Waals surface area contributed by atoms with E-state index in [-0.39, 0.29) is 0 Å². The fourth-order valence-electron chi connectivity index (χ4n) is 1.93. The van der Waals surface area contributed by atoms with Crippen LogP contribution in [-0.2, 0) is 0 Å². The molecule has 1 nitrogen and oxygen atoms in total. The normalized spacial score (nSPS) is 14.9. The van der Waals surface area contributed by atoms with E-state index in [1.54, 1.807) is 12.1 Å². The molecule has 0 aromatic heterocycles. The summed E-state index contributed by atoms with van der Waals surface area (Å²) >= 11 is 4.45. The van der Waals surface area contributed by atoms with Crippen molar-refractivity contribution in [2.45, 2.75) is 44.3 Å². The molecule has 0 aliphatic heterocycles. The smallest absolute Gasteiger partial charge is 0.115 e. The number of phenols is 1. The summed E-state index contributed by atoms with van der Waals surface area (Å²) in [6.45, 7) is 4.34. The van der Waals surface area contributed by atoms with Gasteiger partial charge in [-0.2, -0.15) is 12.6 Å². The molecule has 1 N–H and O–H groups in total. The minimum absolute atomic E-state index is 0.341. The summed E-state index contributed by atoms with van der Waals surface area (Å²) in [5.74, 6) is 0.913. The van der Waals surface area contributed by atoms with Crippen LogP contribution in [0.3, 0.4) is 0 Å². The van der Waals surface area contributed by atoms with Crippen molar-refractivity contribution >= 4 is 12.6 Å². The Morgan fingerprint density at radius 2 is 1.87 bits per heavy atom. The molecule has 0 aliphatic carbocycles. The highest BCUT2D eigenvalue weighted by molar-refractivity contribution is 7.80. The molecule has 1 rings (SSSR count). The summed E-state index contributed by atoms with van der Waals surface area (Å²) < 4.78 is 0. The molecule has 0 spiro atoms. The van der Waals surface area contributed by atoms with Crippen LogP contribution in [0.25, 0.3) is 0 Å². The quantitative estimate of drug-likeness (QED) is 0.725. The van der Waals surface area contributed by atoms with Gasteiger partial charge in [0.1, 0.15) is 5.75 Å². The van der Waals surface area contributed by atoms with Gasteiger partial charge in [-0.3, -0.25) is 0 Å². The molecular formula is C13H20OS.